The number of carbonyl (C=O) groups is 2. The first kappa shape index (κ1) is 33.3. The van der Waals surface area contributed by atoms with Crippen LogP contribution in [0, 0.1) is 0 Å². The molecular formula is C34H30Br2N6O3. The predicted octanol–water partition coefficient (Wildman–Crippen LogP) is 7.68. The SMILES string of the molecule is C[C@@H](N)c1ccccc1.C[C@@H](NC(=O)c1ccc2cncc(Br)c2n1)c1ccccc1.O=C(O)c1ccc2cncc(Br)c2n1. The molecule has 0 spiro atoms. The van der Waals surface area contributed by atoms with Crippen LogP contribution >= 0.6 is 31.9 Å². The summed E-state index contributed by atoms with van der Waals surface area (Å²) in [5.74, 6) is -1.22. The van der Waals surface area contributed by atoms with Gasteiger partial charge in [-0.25, -0.2) is 14.8 Å². The summed E-state index contributed by atoms with van der Waals surface area (Å²) in [6.07, 6.45) is 6.62. The van der Waals surface area contributed by atoms with Crippen molar-refractivity contribution < 1.29 is 14.7 Å². The normalized spacial score (nSPS) is 11.8. The third kappa shape index (κ3) is 9.21. The maximum absolute atomic E-state index is 12.4. The lowest BCUT2D eigenvalue weighted by Crippen LogP contribution is -2.27. The van der Waals surface area contributed by atoms with Crippen LogP contribution in [0.5, 0.6) is 0 Å². The van der Waals surface area contributed by atoms with E-state index in [2.05, 4.69) is 57.1 Å². The number of halogens is 2. The molecule has 0 fully saturated rings. The second kappa shape index (κ2) is 15.9. The molecule has 0 saturated carbocycles. The zero-order valence-electron chi connectivity index (χ0n) is 24.4. The van der Waals surface area contributed by atoms with Gasteiger partial charge in [-0.2, -0.15) is 0 Å². The van der Waals surface area contributed by atoms with Crippen molar-refractivity contribution in [3.63, 3.8) is 0 Å². The molecule has 4 heterocycles. The Morgan fingerprint density at radius 2 is 1.16 bits per heavy atom. The number of hydrogen-bond acceptors (Lipinski definition) is 7. The highest BCUT2D eigenvalue weighted by atomic mass is 79.9. The van der Waals surface area contributed by atoms with Crippen LogP contribution in [0.3, 0.4) is 0 Å². The van der Waals surface area contributed by atoms with Crippen LogP contribution in [0.2, 0.25) is 0 Å². The van der Waals surface area contributed by atoms with E-state index in [1.54, 1.807) is 36.9 Å². The minimum absolute atomic E-state index is 0.0319. The van der Waals surface area contributed by atoms with Gasteiger partial charge < -0.3 is 16.2 Å². The molecule has 6 aromatic rings. The van der Waals surface area contributed by atoms with Crippen molar-refractivity contribution >= 4 is 65.5 Å². The Hall–Kier alpha value is -4.58. The number of carboxylic acids is 1. The number of rotatable bonds is 5. The lowest BCUT2D eigenvalue weighted by Gasteiger charge is -2.14. The van der Waals surface area contributed by atoms with E-state index >= 15 is 0 Å². The first-order valence-electron chi connectivity index (χ1n) is 13.8. The number of aromatic nitrogens is 4. The van der Waals surface area contributed by atoms with E-state index in [1.165, 1.54) is 11.6 Å². The minimum Gasteiger partial charge on any atom is -0.477 e. The van der Waals surface area contributed by atoms with Gasteiger partial charge in [0.05, 0.1) is 26.0 Å². The fourth-order valence-electron chi connectivity index (χ4n) is 4.12. The molecule has 2 atom stereocenters. The lowest BCUT2D eigenvalue weighted by atomic mass is 10.1. The van der Waals surface area contributed by atoms with E-state index in [1.807, 2.05) is 80.6 Å². The highest BCUT2D eigenvalue weighted by molar-refractivity contribution is 9.11. The summed E-state index contributed by atoms with van der Waals surface area (Å²) in [7, 11) is 0. The van der Waals surface area contributed by atoms with Gasteiger partial charge >= 0.3 is 5.97 Å². The quantitative estimate of drug-likeness (QED) is 0.164. The van der Waals surface area contributed by atoms with Crippen LogP contribution in [-0.2, 0) is 0 Å². The highest BCUT2D eigenvalue weighted by Gasteiger charge is 2.14. The van der Waals surface area contributed by atoms with Crippen LogP contribution < -0.4 is 11.1 Å². The van der Waals surface area contributed by atoms with Gasteiger partial charge in [-0.15, -0.1) is 0 Å². The summed E-state index contributed by atoms with van der Waals surface area (Å²) in [4.78, 5) is 39.5. The Morgan fingerprint density at radius 3 is 1.62 bits per heavy atom. The molecule has 0 saturated heterocycles. The maximum atomic E-state index is 12.4. The number of carboxylic acid groups (broad SMARTS) is 1. The van der Waals surface area contributed by atoms with Crippen LogP contribution in [0.25, 0.3) is 21.8 Å². The van der Waals surface area contributed by atoms with E-state index in [-0.39, 0.29) is 23.7 Å². The third-order valence-electron chi connectivity index (χ3n) is 6.53. The van der Waals surface area contributed by atoms with Gasteiger partial charge in [0.2, 0.25) is 0 Å². The fourth-order valence-corrected chi connectivity index (χ4v) is 4.99. The molecule has 0 bridgehead atoms. The zero-order valence-corrected chi connectivity index (χ0v) is 27.6. The van der Waals surface area contributed by atoms with Gasteiger partial charge in [0.15, 0.2) is 0 Å². The smallest absolute Gasteiger partial charge is 0.354 e. The first-order valence-corrected chi connectivity index (χ1v) is 15.4. The number of carbonyl (C=O) groups excluding carboxylic acids is 1. The molecule has 0 aliphatic carbocycles. The number of nitrogens with two attached hydrogens (primary N) is 1. The Morgan fingerprint density at radius 1 is 0.689 bits per heavy atom. The molecule has 0 aliphatic heterocycles. The Balaban J connectivity index is 0.000000171. The second-order valence-corrected chi connectivity index (χ2v) is 11.6. The largest absolute Gasteiger partial charge is 0.477 e. The molecule has 0 aliphatic rings. The molecule has 4 aromatic heterocycles. The van der Waals surface area contributed by atoms with Crippen LogP contribution in [0.1, 0.15) is 58.0 Å². The van der Waals surface area contributed by atoms with E-state index < -0.39 is 5.97 Å². The Bertz CT molecular complexity index is 1910. The third-order valence-corrected chi connectivity index (χ3v) is 7.69. The molecular weight excluding hydrogens is 700 g/mol. The summed E-state index contributed by atoms with van der Waals surface area (Å²) >= 11 is 6.67. The Labute approximate surface area is 277 Å². The number of benzene rings is 2. The monoisotopic (exact) mass is 728 g/mol. The number of nitrogens with one attached hydrogen (secondary N) is 1. The fraction of sp³-hybridized carbons (Fsp3) is 0.118. The zero-order chi connectivity index (χ0) is 32.3. The molecule has 1 amide bonds. The number of fused-ring (bicyclic) bond motifs is 2. The summed E-state index contributed by atoms with van der Waals surface area (Å²) in [5.41, 5.74) is 9.63. The van der Waals surface area contributed by atoms with Crippen molar-refractivity contribution in [2.45, 2.75) is 25.9 Å². The minimum atomic E-state index is -1.03. The first-order chi connectivity index (χ1) is 21.6. The highest BCUT2D eigenvalue weighted by Crippen LogP contribution is 2.22. The van der Waals surface area contributed by atoms with Gasteiger partial charge in [0.1, 0.15) is 11.4 Å². The molecule has 0 unspecified atom stereocenters. The molecule has 45 heavy (non-hydrogen) atoms. The topological polar surface area (TPSA) is 144 Å². The molecule has 4 N–H and O–H groups in total. The molecule has 11 heteroatoms. The Kier molecular flexibility index (Phi) is 11.8. The van der Waals surface area contributed by atoms with Crippen molar-refractivity contribution in [1.82, 2.24) is 25.3 Å². The van der Waals surface area contributed by atoms with E-state index in [0.29, 0.717) is 15.7 Å². The van der Waals surface area contributed by atoms with Gasteiger partial charge in [-0.05, 0) is 81.1 Å². The molecule has 9 nitrogen and oxygen atoms in total. The average Bonchev–Trinajstić information content (AvgIpc) is 3.06. The summed E-state index contributed by atoms with van der Waals surface area (Å²) in [5, 5.41) is 13.4. The van der Waals surface area contributed by atoms with Crippen molar-refractivity contribution in [3.05, 3.63) is 141 Å². The summed E-state index contributed by atoms with van der Waals surface area (Å²) < 4.78 is 1.47. The number of nitrogens with zero attached hydrogens (tertiary/aromatic N) is 4. The van der Waals surface area contributed by atoms with E-state index in [0.717, 1.165) is 26.3 Å². The van der Waals surface area contributed by atoms with Crippen LogP contribution in [-0.4, -0.2) is 36.9 Å². The number of amides is 1. The van der Waals surface area contributed by atoms with E-state index in [9.17, 15) is 9.59 Å². The number of hydrogen-bond donors (Lipinski definition) is 3. The number of aromatic carboxylic acids is 1. The molecule has 228 valence electrons. The van der Waals surface area contributed by atoms with Crippen molar-refractivity contribution in [2.75, 3.05) is 0 Å². The standard InChI is InChI=1S/C17H14BrN3O.C9H5BrN2O2.C8H11N/c1-11(12-5-3-2-4-6-12)20-17(22)15-8-7-13-9-19-10-14(18)16(13)21-15;10-6-4-11-3-5-1-2-7(9(13)14)12-8(5)6;1-7(9)8-5-3-2-4-6-8/h2-11H,1H3,(H,20,22);1-4H,(H,13,14);2-7H,9H2,1H3/t11-;;7-/m1.1/s1. The van der Waals surface area contributed by atoms with Crippen molar-refractivity contribution in [2.24, 2.45) is 5.73 Å². The van der Waals surface area contributed by atoms with Gasteiger partial charge in [0, 0.05) is 41.6 Å². The van der Waals surface area contributed by atoms with Gasteiger partial charge in [-0.3, -0.25) is 14.8 Å². The maximum Gasteiger partial charge on any atom is 0.354 e. The van der Waals surface area contributed by atoms with Crippen molar-refractivity contribution in [1.29, 1.82) is 0 Å². The summed E-state index contributed by atoms with van der Waals surface area (Å²) in [6, 6.07) is 26.7. The molecule has 6 rings (SSSR count). The predicted molar refractivity (Wildman–Crippen MR) is 183 cm³/mol. The molecule has 2 aromatic carbocycles. The van der Waals surface area contributed by atoms with Gasteiger partial charge in [0.25, 0.3) is 5.91 Å². The van der Waals surface area contributed by atoms with Crippen molar-refractivity contribution in [3.8, 4) is 0 Å². The van der Waals surface area contributed by atoms with Gasteiger partial charge in [-0.1, -0.05) is 60.7 Å². The van der Waals surface area contributed by atoms with Crippen LogP contribution in [0.4, 0.5) is 0 Å². The average molecular weight is 730 g/mol. The second-order valence-electron chi connectivity index (χ2n) is 9.89. The van der Waals surface area contributed by atoms with Crippen LogP contribution in [0.15, 0.2) is 119 Å². The summed E-state index contributed by atoms with van der Waals surface area (Å²) in [6.45, 7) is 3.93. The van der Waals surface area contributed by atoms with E-state index in [4.69, 9.17) is 10.8 Å². The molecule has 0 radical (unpaired) electrons. The lowest BCUT2D eigenvalue weighted by molar-refractivity contribution is 0.0690. The number of pyridine rings is 4.